The quantitative estimate of drug-likeness (QED) is 0.639. The van der Waals surface area contributed by atoms with Gasteiger partial charge >= 0.3 is 12.1 Å². The molecule has 1 amide bonds. The van der Waals surface area contributed by atoms with Crippen molar-refractivity contribution in [2.24, 2.45) is 5.92 Å². The molecule has 2 N–H and O–H groups in total. The number of hydrogen-bond acceptors (Lipinski definition) is 6. The number of rotatable bonds is 5. The van der Waals surface area contributed by atoms with E-state index >= 15 is 4.39 Å². The van der Waals surface area contributed by atoms with E-state index < -0.39 is 52.9 Å². The van der Waals surface area contributed by atoms with E-state index in [0.717, 1.165) is 23.5 Å². The number of nitrogens with zero attached hydrogens (tertiary/aromatic N) is 2. The van der Waals surface area contributed by atoms with Crippen LogP contribution >= 0.6 is 0 Å². The zero-order valence-electron chi connectivity index (χ0n) is 20.4. The number of ether oxygens (including phenoxy) is 2. The van der Waals surface area contributed by atoms with Gasteiger partial charge < -0.3 is 24.8 Å². The Morgan fingerprint density at radius 2 is 2.03 bits per heavy atom. The number of alkyl carbamates (subject to hydrolysis) is 1. The number of aromatic carboxylic acids is 1. The number of amides is 1. The van der Waals surface area contributed by atoms with Gasteiger partial charge in [-0.05, 0) is 52.2 Å². The molecule has 1 aromatic heterocycles. The highest BCUT2D eigenvalue weighted by Crippen LogP contribution is 2.49. The molecule has 2 aromatic rings. The topological polar surface area (TPSA) is 110 Å². The van der Waals surface area contributed by atoms with Crippen LogP contribution in [-0.2, 0) is 4.74 Å². The lowest BCUT2D eigenvalue weighted by Crippen LogP contribution is -2.46. The van der Waals surface area contributed by atoms with Crippen LogP contribution in [-0.4, -0.2) is 59.2 Å². The molecule has 0 radical (unpaired) electrons. The van der Waals surface area contributed by atoms with Crippen LogP contribution in [0.2, 0.25) is 0 Å². The second-order valence-electron chi connectivity index (χ2n) is 10.8. The lowest BCUT2D eigenvalue weighted by atomic mass is 9.96. The third-order valence-corrected chi connectivity index (χ3v) is 7.22. The largest absolute Gasteiger partial charge is 0.487 e. The molecule has 1 aliphatic carbocycles. The molecule has 0 bridgehead atoms. The normalized spacial score (nSPS) is 22.3. The third-order valence-electron chi connectivity index (χ3n) is 7.22. The van der Waals surface area contributed by atoms with Gasteiger partial charge in [0.25, 0.3) is 5.56 Å². The van der Waals surface area contributed by atoms with Crippen LogP contribution in [0.5, 0.6) is 5.75 Å². The zero-order chi connectivity index (χ0) is 26.0. The molecule has 2 atom stereocenters. The predicted octanol–water partition coefficient (Wildman–Crippen LogP) is 3.63. The maximum atomic E-state index is 15.5. The van der Waals surface area contributed by atoms with Gasteiger partial charge in [0.2, 0.25) is 0 Å². The number of alkyl halides is 1. The van der Waals surface area contributed by atoms with E-state index in [0.29, 0.717) is 19.5 Å². The second kappa shape index (κ2) is 8.35. The summed E-state index contributed by atoms with van der Waals surface area (Å²) in [6, 6.07) is 1.26. The van der Waals surface area contributed by atoms with Gasteiger partial charge in [-0.2, -0.15) is 0 Å². The number of carboxylic acid groups (broad SMARTS) is 1. The number of anilines is 1. The van der Waals surface area contributed by atoms with Crippen molar-refractivity contribution in [3.63, 3.8) is 0 Å². The molecule has 1 saturated carbocycles. The summed E-state index contributed by atoms with van der Waals surface area (Å²) in [4.78, 5) is 38.7. The van der Waals surface area contributed by atoms with Crippen molar-refractivity contribution >= 4 is 28.7 Å². The minimum Gasteiger partial charge on any atom is -0.487 e. The van der Waals surface area contributed by atoms with E-state index in [4.69, 9.17) is 9.47 Å². The fraction of sp³-hybridized carbons (Fsp3) is 0.560. The highest BCUT2D eigenvalue weighted by molar-refractivity contribution is 5.97. The smallest absolute Gasteiger partial charge is 0.408 e. The van der Waals surface area contributed by atoms with Gasteiger partial charge in [-0.15, -0.1) is 0 Å². The minimum atomic E-state index is -1.46. The van der Waals surface area contributed by atoms with Gasteiger partial charge in [-0.25, -0.2) is 18.4 Å². The molecule has 0 spiro atoms. The van der Waals surface area contributed by atoms with E-state index in [1.807, 2.05) is 4.90 Å². The summed E-state index contributed by atoms with van der Waals surface area (Å²) in [5, 5.41) is 12.6. The first-order valence-corrected chi connectivity index (χ1v) is 12.0. The predicted molar refractivity (Wildman–Crippen MR) is 127 cm³/mol. The SMILES string of the molecule is CC(C)(C)OC(=O)NC1([C@@H]2CCN(c3c(F)cc4cc(C(=O)O)c(=O)n5c4c3OCC5CF)C2)CC1. The number of nitrogens with one attached hydrogen (secondary N) is 1. The van der Waals surface area contributed by atoms with Gasteiger partial charge in [0.1, 0.15) is 30.1 Å². The average molecular weight is 506 g/mol. The maximum Gasteiger partial charge on any atom is 0.408 e. The van der Waals surface area contributed by atoms with Gasteiger partial charge in [-0.1, -0.05) is 0 Å². The van der Waals surface area contributed by atoms with Crippen molar-refractivity contribution in [3.8, 4) is 5.75 Å². The first-order valence-electron chi connectivity index (χ1n) is 12.0. The Morgan fingerprint density at radius 3 is 2.64 bits per heavy atom. The maximum absolute atomic E-state index is 15.5. The van der Waals surface area contributed by atoms with Crippen LogP contribution in [0.3, 0.4) is 0 Å². The molecule has 2 fully saturated rings. The Bertz CT molecular complexity index is 1310. The van der Waals surface area contributed by atoms with Crippen LogP contribution in [0, 0.1) is 11.7 Å². The molecule has 5 rings (SSSR count). The Hall–Kier alpha value is -3.37. The van der Waals surface area contributed by atoms with Crippen LogP contribution < -0.4 is 20.5 Å². The van der Waals surface area contributed by atoms with Crippen molar-refractivity contribution in [1.82, 2.24) is 9.88 Å². The number of carbonyl (C=O) groups excluding carboxylic acids is 1. The van der Waals surface area contributed by atoms with Crippen molar-refractivity contribution in [3.05, 3.63) is 33.9 Å². The second-order valence-corrected chi connectivity index (χ2v) is 10.8. The van der Waals surface area contributed by atoms with Crippen LogP contribution in [0.1, 0.15) is 56.4 Å². The van der Waals surface area contributed by atoms with E-state index in [2.05, 4.69) is 5.32 Å². The molecular weight excluding hydrogens is 476 g/mol. The summed E-state index contributed by atoms with van der Waals surface area (Å²) in [6.45, 7) is 5.16. The molecule has 3 heterocycles. The Morgan fingerprint density at radius 1 is 1.31 bits per heavy atom. The third kappa shape index (κ3) is 4.04. The van der Waals surface area contributed by atoms with Crippen molar-refractivity contribution < 1.29 is 33.0 Å². The van der Waals surface area contributed by atoms with Crippen molar-refractivity contribution in [2.75, 3.05) is 31.3 Å². The number of hydrogen-bond donors (Lipinski definition) is 2. The number of carbonyl (C=O) groups is 2. The summed E-state index contributed by atoms with van der Waals surface area (Å²) >= 11 is 0. The summed E-state index contributed by atoms with van der Waals surface area (Å²) in [5.41, 5.74) is -2.09. The monoisotopic (exact) mass is 505 g/mol. The first kappa shape index (κ1) is 24.3. The molecule has 11 heteroatoms. The average Bonchev–Trinajstić information content (AvgIpc) is 3.38. The molecule has 1 saturated heterocycles. The molecular formula is C25H29F2N3O6. The highest BCUT2D eigenvalue weighted by atomic mass is 19.1. The molecule has 1 unspecified atom stereocenters. The molecule has 3 aliphatic rings. The van der Waals surface area contributed by atoms with E-state index in [9.17, 15) is 23.9 Å². The lowest BCUT2D eigenvalue weighted by Gasteiger charge is -2.32. The molecule has 9 nitrogen and oxygen atoms in total. The summed E-state index contributed by atoms with van der Waals surface area (Å²) < 4.78 is 41.6. The molecule has 1 aromatic carbocycles. The Balaban J connectivity index is 1.50. The fourth-order valence-electron chi connectivity index (χ4n) is 5.42. The Labute approximate surface area is 206 Å². The highest BCUT2D eigenvalue weighted by Gasteiger charge is 2.53. The number of halogens is 2. The van der Waals surface area contributed by atoms with Gasteiger partial charge in [0.15, 0.2) is 11.6 Å². The fourth-order valence-corrected chi connectivity index (χ4v) is 5.42. The van der Waals surface area contributed by atoms with E-state index in [1.54, 1.807) is 20.8 Å². The van der Waals surface area contributed by atoms with Crippen LogP contribution in [0.4, 0.5) is 19.3 Å². The van der Waals surface area contributed by atoms with Gasteiger partial charge in [0.05, 0.1) is 11.6 Å². The summed E-state index contributed by atoms with van der Waals surface area (Å²) in [7, 11) is 0. The summed E-state index contributed by atoms with van der Waals surface area (Å²) in [5.74, 6) is -1.93. The number of pyridine rings is 1. The van der Waals surface area contributed by atoms with Crippen LogP contribution in [0.25, 0.3) is 10.9 Å². The number of benzene rings is 1. The molecule has 2 aliphatic heterocycles. The number of aromatic nitrogens is 1. The van der Waals surface area contributed by atoms with Crippen molar-refractivity contribution in [1.29, 1.82) is 0 Å². The first-order chi connectivity index (χ1) is 16.9. The standard InChI is InChI=1S/C25H29F2N3O6/c1-24(2,3)36-23(34)28-25(5-6-25)14-4-7-29(11-14)19-17(27)9-13-8-16(22(32)33)21(31)30-15(10-26)12-35-20(19)18(13)30/h8-9,14-15H,4-7,10-12H2,1-3H3,(H,28,34)(H,32,33)/t14-,15?/m1/s1. The van der Waals surface area contributed by atoms with E-state index in [1.165, 1.54) is 6.07 Å². The van der Waals surface area contributed by atoms with Crippen LogP contribution in [0.15, 0.2) is 16.9 Å². The number of carboxylic acids is 1. The Kier molecular flexibility index (Phi) is 5.64. The van der Waals surface area contributed by atoms with Gasteiger partial charge in [0, 0.05) is 29.9 Å². The summed E-state index contributed by atoms with van der Waals surface area (Å²) in [6.07, 6.45) is 1.81. The minimum absolute atomic E-state index is 0.0473. The molecule has 36 heavy (non-hydrogen) atoms. The van der Waals surface area contributed by atoms with Crippen molar-refractivity contribution in [2.45, 2.75) is 57.2 Å². The van der Waals surface area contributed by atoms with Gasteiger partial charge in [-0.3, -0.25) is 9.36 Å². The lowest BCUT2D eigenvalue weighted by molar-refractivity contribution is 0.0477. The van der Waals surface area contributed by atoms with E-state index in [-0.39, 0.29) is 34.9 Å². The zero-order valence-corrected chi connectivity index (χ0v) is 20.4. The molecule has 194 valence electrons.